The molecule has 0 aliphatic carbocycles. The van der Waals surface area contributed by atoms with Gasteiger partial charge in [-0.05, 0) is 82.6 Å². The molecular weight excluding hydrogens is 440 g/mol. The van der Waals surface area contributed by atoms with Gasteiger partial charge in [-0.2, -0.15) is 0 Å². The van der Waals surface area contributed by atoms with Gasteiger partial charge in [-0.25, -0.2) is 9.97 Å². The van der Waals surface area contributed by atoms with Crippen LogP contribution >= 0.6 is 11.8 Å². The zero-order valence-electron chi connectivity index (χ0n) is 19.3. The highest BCUT2D eigenvalue weighted by atomic mass is 32.2. The Labute approximate surface area is 197 Å². The molecule has 1 aromatic heterocycles. The van der Waals surface area contributed by atoms with E-state index < -0.39 is 5.91 Å². The standard InChI is InChI=1S/C24H28N4O4S/c1-15-21(31-13-17-8-6-10-28(17)24(2,3)4)25-14-26-22(15)32-18-9-5-7-16(11-18)12-19-20(29)27-23(30)33-19/h5,7,9,11-12,14,17H,6,8,10,13H2,1-4H3,(H,27,29,30)/b19-12-. The molecule has 1 aromatic carbocycles. The third-order valence-corrected chi connectivity index (χ3v) is 6.47. The first-order valence-corrected chi connectivity index (χ1v) is 11.8. The molecule has 1 N–H and O–H groups in total. The van der Waals surface area contributed by atoms with Crippen LogP contribution in [-0.4, -0.2) is 50.7 Å². The zero-order valence-corrected chi connectivity index (χ0v) is 20.1. The van der Waals surface area contributed by atoms with Crippen LogP contribution < -0.4 is 14.8 Å². The maximum absolute atomic E-state index is 11.8. The fourth-order valence-corrected chi connectivity index (χ4v) is 4.77. The third kappa shape index (κ3) is 5.54. The summed E-state index contributed by atoms with van der Waals surface area (Å²) in [5.74, 6) is 1.09. The fourth-order valence-electron chi connectivity index (χ4n) is 4.09. The number of hydrogen-bond acceptors (Lipinski definition) is 8. The molecule has 2 aromatic rings. The maximum atomic E-state index is 11.8. The first-order valence-electron chi connectivity index (χ1n) is 10.9. The molecule has 1 atom stereocenters. The first kappa shape index (κ1) is 23.3. The molecule has 33 heavy (non-hydrogen) atoms. The summed E-state index contributed by atoms with van der Waals surface area (Å²) in [5.41, 5.74) is 1.56. The van der Waals surface area contributed by atoms with Crippen LogP contribution in [0.5, 0.6) is 17.5 Å². The minimum Gasteiger partial charge on any atom is -0.476 e. The van der Waals surface area contributed by atoms with E-state index in [1.54, 1.807) is 18.2 Å². The van der Waals surface area contributed by atoms with E-state index in [2.05, 4.69) is 41.0 Å². The van der Waals surface area contributed by atoms with Gasteiger partial charge in [0.05, 0.1) is 10.5 Å². The van der Waals surface area contributed by atoms with Crippen LogP contribution in [0.1, 0.15) is 44.7 Å². The van der Waals surface area contributed by atoms with Crippen molar-refractivity contribution in [3.8, 4) is 17.5 Å². The number of hydrogen-bond donors (Lipinski definition) is 1. The van der Waals surface area contributed by atoms with Gasteiger partial charge < -0.3 is 9.47 Å². The van der Waals surface area contributed by atoms with E-state index in [1.165, 1.54) is 12.7 Å². The number of benzene rings is 1. The van der Waals surface area contributed by atoms with Crippen molar-refractivity contribution in [2.45, 2.75) is 52.1 Å². The lowest BCUT2D eigenvalue weighted by molar-refractivity contribution is -0.115. The zero-order chi connectivity index (χ0) is 23.6. The van der Waals surface area contributed by atoms with Crippen molar-refractivity contribution in [2.24, 2.45) is 0 Å². The number of carbonyl (C=O) groups excluding carboxylic acids is 2. The molecule has 9 heteroatoms. The van der Waals surface area contributed by atoms with E-state index in [0.717, 1.165) is 35.9 Å². The Hall–Kier alpha value is -2.91. The van der Waals surface area contributed by atoms with Crippen molar-refractivity contribution in [1.29, 1.82) is 0 Å². The molecule has 8 nitrogen and oxygen atoms in total. The van der Waals surface area contributed by atoms with E-state index >= 15 is 0 Å². The Kier molecular flexibility index (Phi) is 6.71. The smallest absolute Gasteiger partial charge is 0.290 e. The van der Waals surface area contributed by atoms with Gasteiger partial charge in [0.25, 0.3) is 11.1 Å². The average molecular weight is 469 g/mol. The highest BCUT2D eigenvalue weighted by molar-refractivity contribution is 8.18. The van der Waals surface area contributed by atoms with Crippen molar-refractivity contribution >= 4 is 29.0 Å². The van der Waals surface area contributed by atoms with Gasteiger partial charge in [-0.1, -0.05) is 12.1 Å². The van der Waals surface area contributed by atoms with Gasteiger partial charge in [0.1, 0.15) is 18.7 Å². The molecule has 3 heterocycles. The van der Waals surface area contributed by atoms with Crippen molar-refractivity contribution in [2.75, 3.05) is 13.2 Å². The molecule has 174 valence electrons. The SMILES string of the molecule is Cc1c(OCC2CCCN2C(C)(C)C)ncnc1Oc1cccc(/C=C2\SC(=O)NC2=O)c1. The molecule has 0 spiro atoms. The van der Waals surface area contributed by atoms with Crippen molar-refractivity contribution < 1.29 is 19.1 Å². The summed E-state index contributed by atoms with van der Waals surface area (Å²) in [6, 6.07) is 7.59. The first-order chi connectivity index (χ1) is 15.7. The molecule has 0 saturated carbocycles. The Morgan fingerprint density at radius 1 is 1.24 bits per heavy atom. The Bertz CT molecular complexity index is 1100. The number of amides is 2. The predicted molar refractivity (Wildman–Crippen MR) is 127 cm³/mol. The van der Waals surface area contributed by atoms with Crippen LogP contribution in [0, 0.1) is 6.92 Å². The number of thioether (sulfide) groups is 1. The molecule has 2 fully saturated rings. The van der Waals surface area contributed by atoms with Gasteiger partial charge in [0, 0.05) is 11.6 Å². The quantitative estimate of drug-likeness (QED) is 0.618. The summed E-state index contributed by atoms with van der Waals surface area (Å²) in [6.07, 6.45) is 5.37. The number of carbonyl (C=O) groups is 2. The largest absolute Gasteiger partial charge is 0.476 e. The lowest BCUT2D eigenvalue weighted by Crippen LogP contribution is -2.46. The third-order valence-electron chi connectivity index (χ3n) is 5.66. The Morgan fingerprint density at radius 3 is 2.76 bits per heavy atom. The van der Waals surface area contributed by atoms with Crippen LogP contribution in [-0.2, 0) is 4.79 Å². The topological polar surface area (TPSA) is 93.7 Å². The van der Waals surface area contributed by atoms with Crippen LogP contribution in [0.15, 0.2) is 35.5 Å². The minimum atomic E-state index is -0.392. The number of rotatable bonds is 6. The van der Waals surface area contributed by atoms with Gasteiger partial charge in [0.2, 0.25) is 11.8 Å². The van der Waals surface area contributed by atoms with Crippen molar-refractivity contribution in [3.63, 3.8) is 0 Å². The molecule has 2 saturated heterocycles. The summed E-state index contributed by atoms with van der Waals surface area (Å²) in [5, 5.41) is 1.88. The summed E-state index contributed by atoms with van der Waals surface area (Å²) in [4.78, 5) is 34.6. The highest BCUT2D eigenvalue weighted by Gasteiger charge is 2.33. The molecular formula is C24H28N4O4S. The van der Waals surface area contributed by atoms with Gasteiger partial charge >= 0.3 is 0 Å². The number of nitrogens with one attached hydrogen (secondary N) is 1. The van der Waals surface area contributed by atoms with E-state index in [9.17, 15) is 9.59 Å². The van der Waals surface area contributed by atoms with Crippen LogP contribution in [0.25, 0.3) is 6.08 Å². The Morgan fingerprint density at radius 2 is 2.03 bits per heavy atom. The number of ether oxygens (including phenoxy) is 2. The summed E-state index contributed by atoms with van der Waals surface area (Å²) in [7, 11) is 0. The summed E-state index contributed by atoms with van der Waals surface area (Å²) in [6.45, 7) is 10.2. The fraction of sp³-hybridized carbons (Fsp3) is 0.417. The molecule has 2 aliphatic rings. The minimum absolute atomic E-state index is 0.102. The van der Waals surface area contributed by atoms with Gasteiger partial charge in [0.15, 0.2) is 0 Å². The second kappa shape index (κ2) is 9.52. The Balaban J connectivity index is 1.46. The van der Waals surface area contributed by atoms with Crippen LogP contribution in [0.3, 0.4) is 0 Å². The monoisotopic (exact) mass is 468 g/mol. The molecule has 0 bridgehead atoms. The lowest BCUT2D eigenvalue weighted by atomic mass is 10.1. The predicted octanol–water partition coefficient (Wildman–Crippen LogP) is 4.54. The lowest BCUT2D eigenvalue weighted by Gasteiger charge is -2.36. The molecule has 2 aliphatic heterocycles. The average Bonchev–Trinajstić information content (AvgIpc) is 3.35. The van der Waals surface area contributed by atoms with E-state index in [0.29, 0.717) is 35.1 Å². The van der Waals surface area contributed by atoms with Crippen LogP contribution in [0.2, 0.25) is 0 Å². The van der Waals surface area contributed by atoms with E-state index in [-0.39, 0.29) is 10.8 Å². The molecule has 1 unspecified atom stereocenters. The van der Waals surface area contributed by atoms with Crippen LogP contribution in [0.4, 0.5) is 4.79 Å². The number of nitrogens with zero attached hydrogens (tertiary/aromatic N) is 3. The van der Waals surface area contributed by atoms with E-state index in [4.69, 9.17) is 9.47 Å². The maximum Gasteiger partial charge on any atom is 0.290 e. The van der Waals surface area contributed by atoms with Crippen molar-refractivity contribution in [1.82, 2.24) is 20.2 Å². The highest BCUT2D eigenvalue weighted by Crippen LogP contribution is 2.31. The van der Waals surface area contributed by atoms with E-state index in [1.807, 2.05) is 19.1 Å². The molecule has 4 rings (SSSR count). The molecule has 0 radical (unpaired) electrons. The normalized spacial score (nSPS) is 20.4. The second-order valence-electron chi connectivity index (χ2n) is 9.11. The summed E-state index contributed by atoms with van der Waals surface area (Å²) >= 11 is 0.880. The van der Waals surface area contributed by atoms with Crippen molar-refractivity contribution in [3.05, 3.63) is 46.6 Å². The number of aromatic nitrogens is 2. The summed E-state index contributed by atoms with van der Waals surface area (Å²) < 4.78 is 12.1. The molecule has 2 amide bonds. The van der Waals surface area contributed by atoms with Gasteiger partial charge in [-0.15, -0.1) is 0 Å². The number of imide groups is 1. The number of likely N-dealkylation sites (tertiary alicyclic amines) is 1. The second-order valence-corrected chi connectivity index (χ2v) is 10.1. The van der Waals surface area contributed by atoms with Gasteiger partial charge in [-0.3, -0.25) is 19.8 Å².